The maximum atomic E-state index is 5.85. The average molecular weight is 379 g/mol. The van der Waals surface area contributed by atoms with E-state index >= 15 is 0 Å². The van der Waals surface area contributed by atoms with Crippen molar-refractivity contribution in [2.45, 2.75) is 18.2 Å². The molecule has 0 saturated carbocycles. The number of aromatic nitrogens is 1. The molecule has 5 heteroatoms. The highest BCUT2D eigenvalue weighted by Crippen LogP contribution is 2.34. The number of oxazole rings is 1. The van der Waals surface area contributed by atoms with Gasteiger partial charge in [0, 0.05) is 10.6 Å². The van der Waals surface area contributed by atoms with Crippen LogP contribution in [0.5, 0.6) is 0 Å². The lowest BCUT2D eigenvalue weighted by Gasteiger charge is -1.98. The molecule has 0 aliphatic heterocycles. The van der Waals surface area contributed by atoms with Crippen molar-refractivity contribution in [3.05, 3.63) is 39.8 Å². The second-order valence-corrected chi connectivity index (χ2v) is 5.82. The summed E-state index contributed by atoms with van der Waals surface area (Å²) in [7, 11) is 0. The van der Waals surface area contributed by atoms with E-state index in [0.29, 0.717) is 15.6 Å². The number of hydrogen-bond donors (Lipinski definition) is 0. The summed E-state index contributed by atoms with van der Waals surface area (Å²) >= 11 is 12.8. The monoisotopic (exact) mass is 377 g/mol. The van der Waals surface area contributed by atoms with E-state index in [2.05, 4.69) is 43.8 Å². The first-order chi connectivity index (χ1) is 8.11. The molecule has 0 bridgehead atoms. The van der Waals surface area contributed by atoms with Crippen LogP contribution in [-0.4, -0.2) is 4.98 Å². The van der Waals surface area contributed by atoms with E-state index in [1.807, 2.05) is 24.3 Å². The number of hydrogen-bond acceptors (Lipinski definition) is 2. The molecule has 17 heavy (non-hydrogen) atoms. The average Bonchev–Trinajstić information content (AvgIpc) is 2.71. The van der Waals surface area contributed by atoms with Gasteiger partial charge in [0.05, 0.1) is 4.83 Å². The number of nitrogens with zero attached hydrogens (tertiary/aromatic N) is 1. The third-order valence-corrected chi connectivity index (χ3v) is 4.17. The number of alkyl halides is 1. The molecule has 1 aromatic heterocycles. The Kier molecular flexibility index (Phi) is 4.28. The molecule has 2 nitrogen and oxygen atoms in total. The summed E-state index contributed by atoms with van der Waals surface area (Å²) in [4.78, 5) is 4.62. The molecule has 2 rings (SSSR count). The lowest BCUT2D eigenvalue weighted by molar-refractivity contribution is 0.471. The zero-order valence-electron chi connectivity index (χ0n) is 9.08. The molecular formula is C12H10Br2ClNO. The minimum absolute atomic E-state index is 0.139. The van der Waals surface area contributed by atoms with Crippen molar-refractivity contribution in [3.8, 4) is 11.3 Å². The van der Waals surface area contributed by atoms with Crippen molar-refractivity contribution < 1.29 is 4.42 Å². The van der Waals surface area contributed by atoms with E-state index in [-0.39, 0.29) is 4.83 Å². The highest BCUT2D eigenvalue weighted by atomic mass is 79.9. The van der Waals surface area contributed by atoms with Crippen LogP contribution < -0.4 is 0 Å². The molecule has 0 aliphatic rings. The summed E-state index contributed by atoms with van der Waals surface area (Å²) < 4.78 is 6.22. The number of rotatable bonds is 3. The van der Waals surface area contributed by atoms with Gasteiger partial charge in [0.15, 0.2) is 4.67 Å². The zero-order valence-corrected chi connectivity index (χ0v) is 13.0. The quantitative estimate of drug-likeness (QED) is 0.649. The Balaban J connectivity index is 2.39. The Morgan fingerprint density at radius 2 is 2.00 bits per heavy atom. The highest BCUT2D eigenvalue weighted by Gasteiger charge is 2.17. The highest BCUT2D eigenvalue weighted by molar-refractivity contribution is 9.10. The summed E-state index contributed by atoms with van der Waals surface area (Å²) in [6.45, 7) is 2.07. The van der Waals surface area contributed by atoms with E-state index in [9.17, 15) is 0 Å². The van der Waals surface area contributed by atoms with Gasteiger partial charge in [-0.25, -0.2) is 4.98 Å². The van der Waals surface area contributed by atoms with Crippen molar-refractivity contribution in [2.75, 3.05) is 0 Å². The van der Waals surface area contributed by atoms with Crippen LogP contribution in [0.1, 0.15) is 24.1 Å². The van der Waals surface area contributed by atoms with Gasteiger partial charge >= 0.3 is 0 Å². The molecule has 1 atom stereocenters. The molecule has 0 saturated heterocycles. The van der Waals surface area contributed by atoms with Crippen molar-refractivity contribution in [1.29, 1.82) is 0 Å². The summed E-state index contributed by atoms with van der Waals surface area (Å²) in [5, 5.41) is 0.709. The fourth-order valence-corrected chi connectivity index (χ4v) is 2.22. The standard InChI is InChI=1S/C12H10Br2ClNO/c1-2-9(13)12-16-10(11(14)17-12)7-3-5-8(15)6-4-7/h3-6,9H,2H2,1H3. The maximum absolute atomic E-state index is 5.85. The molecule has 0 N–H and O–H groups in total. The van der Waals surface area contributed by atoms with Gasteiger partial charge in [0.25, 0.3) is 0 Å². The molecule has 0 aliphatic carbocycles. The molecule has 90 valence electrons. The van der Waals surface area contributed by atoms with Gasteiger partial charge in [-0.15, -0.1) is 0 Å². The Labute approximate surface area is 122 Å². The molecule has 1 aromatic carbocycles. The second-order valence-electron chi connectivity index (χ2n) is 3.56. The van der Waals surface area contributed by atoms with Crippen LogP contribution in [0.4, 0.5) is 0 Å². The number of benzene rings is 1. The van der Waals surface area contributed by atoms with E-state index in [1.165, 1.54) is 0 Å². The van der Waals surface area contributed by atoms with Crippen LogP contribution in [0.3, 0.4) is 0 Å². The predicted molar refractivity (Wildman–Crippen MR) is 76.6 cm³/mol. The van der Waals surface area contributed by atoms with E-state index in [4.69, 9.17) is 16.0 Å². The van der Waals surface area contributed by atoms with Gasteiger partial charge in [0.1, 0.15) is 5.69 Å². The largest absolute Gasteiger partial charge is 0.432 e. The molecule has 2 aromatic rings. The van der Waals surface area contributed by atoms with Gasteiger partial charge in [-0.05, 0) is 34.5 Å². The molecule has 1 heterocycles. The molecule has 0 spiro atoms. The third-order valence-electron chi connectivity index (χ3n) is 2.35. The van der Waals surface area contributed by atoms with E-state index in [1.54, 1.807) is 0 Å². The Hall–Kier alpha value is -0.320. The first-order valence-electron chi connectivity index (χ1n) is 5.18. The molecule has 0 radical (unpaired) electrons. The second kappa shape index (κ2) is 5.55. The SMILES string of the molecule is CCC(Br)c1nc(-c2ccc(Cl)cc2)c(Br)o1. The molecule has 0 fully saturated rings. The van der Waals surface area contributed by atoms with Crippen molar-refractivity contribution in [1.82, 2.24) is 4.98 Å². The van der Waals surface area contributed by atoms with Crippen LogP contribution >= 0.6 is 43.5 Å². The normalized spacial score (nSPS) is 12.7. The first kappa shape index (κ1) is 13.1. The van der Waals surface area contributed by atoms with Crippen molar-refractivity contribution in [3.63, 3.8) is 0 Å². The minimum atomic E-state index is 0.139. The zero-order chi connectivity index (χ0) is 12.4. The third kappa shape index (κ3) is 2.92. The summed E-state index contributed by atoms with van der Waals surface area (Å²) in [5.41, 5.74) is 1.78. The molecule has 0 amide bonds. The fourth-order valence-electron chi connectivity index (χ4n) is 1.41. The Morgan fingerprint density at radius 1 is 1.35 bits per heavy atom. The lowest BCUT2D eigenvalue weighted by atomic mass is 10.2. The Morgan fingerprint density at radius 3 is 2.59 bits per heavy atom. The van der Waals surface area contributed by atoms with Gasteiger partial charge in [0.2, 0.25) is 5.89 Å². The van der Waals surface area contributed by atoms with E-state index < -0.39 is 0 Å². The summed E-state index contributed by atoms with van der Waals surface area (Å²) in [6.07, 6.45) is 0.924. The Bertz CT molecular complexity index is 510. The van der Waals surface area contributed by atoms with E-state index in [0.717, 1.165) is 17.7 Å². The summed E-state index contributed by atoms with van der Waals surface area (Å²) in [5.74, 6) is 0.685. The van der Waals surface area contributed by atoms with Crippen LogP contribution in [0.2, 0.25) is 5.02 Å². The smallest absolute Gasteiger partial charge is 0.210 e. The van der Waals surface area contributed by atoms with Crippen molar-refractivity contribution in [2.24, 2.45) is 0 Å². The van der Waals surface area contributed by atoms with Gasteiger partial charge < -0.3 is 4.42 Å². The fraction of sp³-hybridized carbons (Fsp3) is 0.250. The maximum Gasteiger partial charge on any atom is 0.210 e. The van der Waals surface area contributed by atoms with Gasteiger partial charge in [-0.2, -0.15) is 0 Å². The van der Waals surface area contributed by atoms with Crippen LogP contribution in [0.15, 0.2) is 33.4 Å². The van der Waals surface area contributed by atoms with Crippen LogP contribution in [-0.2, 0) is 0 Å². The molecular weight excluding hydrogens is 369 g/mol. The predicted octanol–water partition coefficient (Wildman–Crippen LogP) is 5.60. The number of halogens is 3. The van der Waals surface area contributed by atoms with Crippen LogP contribution in [0, 0.1) is 0 Å². The minimum Gasteiger partial charge on any atom is -0.432 e. The lowest BCUT2D eigenvalue weighted by Crippen LogP contribution is -1.87. The topological polar surface area (TPSA) is 26.0 Å². The van der Waals surface area contributed by atoms with Gasteiger partial charge in [-0.1, -0.05) is 46.6 Å². The van der Waals surface area contributed by atoms with Crippen molar-refractivity contribution >= 4 is 43.5 Å². The summed E-state index contributed by atoms with van der Waals surface area (Å²) in [6, 6.07) is 7.51. The molecule has 1 unspecified atom stereocenters. The van der Waals surface area contributed by atoms with Gasteiger partial charge in [-0.3, -0.25) is 0 Å². The van der Waals surface area contributed by atoms with Crippen LogP contribution in [0.25, 0.3) is 11.3 Å². The first-order valence-corrected chi connectivity index (χ1v) is 7.26.